The highest BCUT2D eigenvalue weighted by molar-refractivity contribution is 5.49. The van der Waals surface area contributed by atoms with E-state index in [0.29, 0.717) is 5.82 Å². The van der Waals surface area contributed by atoms with Crippen molar-refractivity contribution in [1.82, 2.24) is 14.9 Å². The lowest BCUT2D eigenvalue weighted by atomic mass is 10.2. The molecule has 116 valence electrons. The van der Waals surface area contributed by atoms with Crippen molar-refractivity contribution in [1.29, 1.82) is 0 Å². The molecule has 1 aliphatic heterocycles. The van der Waals surface area contributed by atoms with Crippen LogP contribution in [0.3, 0.4) is 0 Å². The monoisotopic (exact) mass is 290 g/mol. The topological polar surface area (TPSA) is 70.3 Å². The van der Waals surface area contributed by atoms with Crippen LogP contribution in [-0.4, -0.2) is 47.1 Å². The van der Waals surface area contributed by atoms with Gasteiger partial charge in [-0.1, -0.05) is 19.8 Å². The van der Waals surface area contributed by atoms with E-state index in [1.807, 2.05) is 6.07 Å². The minimum atomic E-state index is 0.704. The van der Waals surface area contributed by atoms with Gasteiger partial charge in [-0.15, -0.1) is 0 Å². The summed E-state index contributed by atoms with van der Waals surface area (Å²) in [5, 5.41) is 0. The Balaban J connectivity index is 1.65. The van der Waals surface area contributed by atoms with Crippen LogP contribution in [-0.2, 0) is 6.42 Å². The lowest BCUT2D eigenvalue weighted by Crippen LogP contribution is -2.50. The highest BCUT2D eigenvalue weighted by Gasteiger charge is 2.26. The second-order valence-corrected chi connectivity index (χ2v) is 5.99. The summed E-state index contributed by atoms with van der Waals surface area (Å²) in [6.07, 6.45) is 6.40. The van der Waals surface area contributed by atoms with Gasteiger partial charge in [-0.25, -0.2) is 15.8 Å². The van der Waals surface area contributed by atoms with E-state index in [2.05, 4.69) is 32.1 Å². The Hall–Kier alpha value is -1.40. The number of rotatable bonds is 4. The van der Waals surface area contributed by atoms with Crippen LogP contribution in [0.2, 0.25) is 0 Å². The number of nitrogen functional groups attached to an aromatic ring is 1. The van der Waals surface area contributed by atoms with Crippen molar-refractivity contribution in [3.05, 3.63) is 11.9 Å². The van der Waals surface area contributed by atoms with E-state index in [9.17, 15) is 0 Å². The van der Waals surface area contributed by atoms with Gasteiger partial charge in [-0.3, -0.25) is 4.90 Å². The average molecular weight is 290 g/mol. The van der Waals surface area contributed by atoms with Crippen molar-refractivity contribution in [3.8, 4) is 0 Å². The molecule has 21 heavy (non-hydrogen) atoms. The van der Waals surface area contributed by atoms with Crippen LogP contribution in [0.1, 0.15) is 38.4 Å². The summed E-state index contributed by atoms with van der Waals surface area (Å²) in [4.78, 5) is 14.0. The average Bonchev–Trinajstić information content (AvgIpc) is 3.09. The summed E-state index contributed by atoms with van der Waals surface area (Å²) in [7, 11) is 0. The predicted molar refractivity (Wildman–Crippen MR) is 85.3 cm³/mol. The molecule has 0 unspecified atom stereocenters. The maximum Gasteiger partial charge on any atom is 0.145 e. The van der Waals surface area contributed by atoms with Gasteiger partial charge in [-0.2, -0.15) is 0 Å². The summed E-state index contributed by atoms with van der Waals surface area (Å²) in [6, 6.07) is 2.77. The van der Waals surface area contributed by atoms with Crippen LogP contribution in [0.5, 0.6) is 0 Å². The molecule has 1 saturated heterocycles. The second kappa shape index (κ2) is 6.58. The van der Waals surface area contributed by atoms with E-state index < -0.39 is 0 Å². The largest absolute Gasteiger partial charge is 0.354 e. The molecule has 0 atom stereocenters. The van der Waals surface area contributed by atoms with Gasteiger partial charge < -0.3 is 10.3 Å². The Morgan fingerprint density at radius 3 is 2.52 bits per heavy atom. The molecular weight excluding hydrogens is 264 g/mol. The van der Waals surface area contributed by atoms with Crippen molar-refractivity contribution in [3.63, 3.8) is 0 Å². The van der Waals surface area contributed by atoms with E-state index >= 15 is 0 Å². The molecule has 2 fully saturated rings. The zero-order valence-corrected chi connectivity index (χ0v) is 12.9. The molecular formula is C15H26N6. The minimum absolute atomic E-state index is 0.704. The molecule has 3 N–H and O–H groups in total. The fraction of sp³-hybridized carbons (Fsp3) is 0.733. The first-order chi connectivity index (χ1) is 10.3. The summed E-state index contributed by atoms with van der Waals surface area (Å²) in [5.41, 5.74) is 2.65. The number of nitrogens with two attached hydrogens (primary N) is 1. The van der Waals surface area contributed by atoms with Crippen LogP contribution in [0, 0.1) is 0 Å². The smallest absolute Gasteiger partial charge is 0.145 e. The van der Waals surface area contributed by atoms with E-state index in [4.69, 9.17) is 5.84 Å². The predicted octanol–water partition coefficient (Wildman–Crippen LogP) is 1.39. The Morgan fingerprint density at radius 2 is 1.90 bits per heavy atom. The number of hydrazine groups is 1. The molecule has 1 aliphatic carbocycles. The lowest BCUT2D eigenvalue weighted by molar-refractivity contribution is 0.187. The SMILES string of the molecule is CCc1nc(NN)cc(N2CCN(C3CCCC3)CC2)n1. The molecule has 1 saturated carbocycles. The quantitative estimate of drug-likeness (QED) is 0.645. The molecule has 0 spiro atoms. The highest BCUT2D eigenvalue weighted by Crippen LogP contribution is 2.25. The number of nitrogens with one attached hydrogen (secondary N) is 1. The minimum Gasteiger partial charge on any atom is -0.354 e. The standard InChI is InChI=1S/C15H26N6/c1-2-13-17-14(19-16)11-15(18-13)21-9-7-20(8-10-21)12-5-3-4-6-12/h11-12H,2-10,16H2,1H3,(H,17,18,19). The molecule has 6 heteroatoms. The zero-order valence-electron chi connectivity index (χ0n) is 12.9. The molecule has 0 radical (unpaired) electrons. The first-order valence-corrected chi connectivity index (χ1v) is 8.13. The third-order valence-electron chi connectivity index (χ3n) is 4.70. The van der Waals surface area contributed by atoms with Gasteiger partial charge in [0.05, 0.1) is 0 Å². The molecule has 0 aromatic carbocycles. The van der Waals surface area contributed by atoms with Gasteiger partial charge in [0.15, 0.2) is 0 Å². The fourth-order valence-electron chi connectivity index (χ4n) is 3.46. The lowest BCUT2D eigenvalue weighted by Gasteiger charge is -2.38. The normalized spacial score (nSPS) is 21.0. The van der Waals surface area contributed by atoms with Crippen LogP contribution in [0.25, 0.3) is 0 Å². The van der Waals surface area contributed by atoms with Crippen LogP contribution >= 0.6 is 0 Å². The van der Waals surface area contributed by atoms with Gasteiger partial charge in [0.1, 0.15) is 17.5 Å². The summed E-state index contributed by atoms with van der Waals surface area (Å²) in [5.74, 6) is 8.06. The fourth-order valence-corrected chi connectivity index (χ4v) is 3.46. The number of aryl methyl sites for hydroxylation is 1. The third kappa shape index (κ3) is 3.27. The van der Waals surface area contributed by atoms with E-state index in [1.165, 1.54) is 25.7 Å². The van der Waals surface area contributed by atoms with Crippen molar-refractivity contribution in [2.45, 2.75) is 45.1 Å². The molecule has 1 aromatic rings. The number of hydrogen-bond donors (Lipinski definition) is 2. The van der Waals surface area contributed by atoms with Crippen molar-refractivity contribution < 1.29 is 0 Å². The number of anilines is 2. The Kier molecular flexibility index (Phi) is 4.55. The van der Waals surface area contributed by atoms with Gasteiger partial charge in [0.25, 0.3) is 0 Å². The van der Waals surface area contributed by atoms with Crippen molar-refractivity contribution >= 4 is 11.6 Å². The van der Waals surface area contributed by atoms with Crippen LogP contribution in [0.15, 0.2) is 6.07 Å². The van der Waals surface area contributed by atoms with Gasteiger partial charge in [-0.05, 0) is 12.8 Å². The molecule has 0 bridgehead atoms. The number of nitrogens with zero attached hydrogens (tertiary/aromatic N) is 4. The molecule has 0 amide bonds. The Bertz CT molecular complexity index is 441. The number of aromatic nitrogens is 2. The van der Waals surface area contributed by atoms with E-state index in [-0.39, 0.29) is 0 Å². The number of hydrogen-bond acceptors (Lipinski definition) is 6. The van der Waals surface area contributed by atoms with Crippen molar-refractivity contribution in [2.24, 2.45) is 5.84 Å². The molecule has 2 aliphatic rings. The van der Waals surface area contributed by atoms with E-state index in [1.54, 1.807) is 0 Å². The Morgan fingerprint density at radius 1 is 1.19 bits per heavy atom. The maximum absolute atomic E-state index is 5.51. The third-order valence-corrected chi connectivity index (χ3v) is 4.70. The first-order valence-electron chi connectivity index (χ1n) is 8.13. The van der Waals surface area contributed by atoms with Gasteiger partial charge >= 0.3 is 0 Å². The maximum atomic E-state index is 5.51. The molecule has 2 heterocycles. The van der Waals surface area contributed by atoms with E-state index in [0.717, 1.165) is 50.3 Å². The van der Waals surface area contributed by atoms with Crippen LogP contribution in [0.4, 0.5) is 11.6 Å². The van der Waals surface area contributed by atoms with Gasteiger partial charge in [0.2, 0.25) is 0 Å². The highest BCUT2D eigenvalue weighted by atomic mass is 15.3. The second-order valence-electron chi connectivity index (χ2n) is 5.99. The summed E-state index contributed by atoms with van der Waals surface area (Å²) >= 11 is 0. The van der Waals surface area contributed by atoms with Crippen molar-refractivity contribution in [2.75, 3.05) is 36.5 Å². The molecule has 3 rings (SSSR count). The molecule has 1 aromatic heterocycles. The zero-order chi connectivity index (χ0) is 14.7. The van der Waals surface area contributed by atoms with Crippen LogP contribution < -0.4 is 16.2 Å². The summed E-state index contributed by atoms with van der Waals surface area (Å²) in [6.45, 7) is 6.43. The number of piperazine rings is 1. The summed E-state index contributed by atoms with van der Waals surface area (Å²) < 4.78 is 0. The first kappa shape index (κ1) is 14.5. The Labute approximate surface area is 126 Å². The van der Waals surface area contributed by atoms with Gasteiger partial charge in [0, 0.05) is 44.7 Å². The molecule has 6 nitrogen and oxygen atoms in total.